The van der Waals surface area contributed by atoms with Gasteiger partial charge in [0.15, 0.2) is 0 Å². The molecule has 0 aromatic carbocycles. The van der Waals surface area contributed by atoms with Crippen LogP contribution in [0.1, 0.15) is 64.7 Å². The molecule has 102 valence electrons. The molecule has 0 spiro atoms. The molecule has 0 aliphatic carbocycles. The number of rotatable bonds is 9. The van der Waals surface area contributed by atoms with Gasteiger partial charge in [-0.1, -0.05) is 39.0 Å². The Morgan fingerprint density at radius 3 is 2.59 bits per heavy atom. The van der Waals surface area contributed by atoms with Crippen LogP contribution in [0, 0.1) is 0 Å². The van der Waals surface area contributed by atoms with E-state index in [1.807, 2.05) is 0 Å². The van der Waals surface area contributed by atoms with Crippen molar-refractivity contribution in [2.75, 3.05) is 19.8 Å². The Bertz CT molecular complexity index is 179. The highest BCUT2D eigenvalue weighted by Crippen LogP contribution is 2.21. The molecule has 0 aromatic heterocycles. The minimum atomic E-state index is 0.139. The fraction of sp³-hybridized carbons (Fsp3) is 1.00. The summed E-state index contributed by atoms with van der Waals surface area (Å²) in [6.45, 7) is 4.98. The maximum Gasteiger partial charge on any atom is 0.0716 e. The van der Waals surface area contributed by atoms with E-state index in [1.165, 1.54) is 57.8 Å². The van der Waals surface area contributed by atoms with Crippen LogP contribution in [0.2, 0.25) is 0 Å². The molecule has 1 saturated heterocycles. The Labute approximate surface area is 110 Å². The summed E-state index contributed by atoms with van der Waals surface area (Å²) in [5.41, 5.74) is 0. The molecule has 1 atom stereocenters. The Balaban J connectivity index is 1.89. The molecular formula is C14H30O2Si. The van der Waals surface area contributed by atoms with Crippen molar-refractivity contribution < 1.29 is 9.47 Å². The molecule has 17 heavy (non-hydrogen) atoms. The zero-order chi connectivity index (χ0) is 12.4. The predicted octanol–water partition coefficient (Wildman–Crippen LogP) is 2.63. The van der Waals surface area contributed by atoms with E-state index in [0.29, 0.717) is 0 Å². The fourth-order valence-corrected chi connectivity index (χ4v) is 3.14. The molecule has 0 bridgehead atoms. The molecule has 0 amide bonds. The van der Waals surface area contributed by atoms with E-state index < -0.39 is 0 Å². The minimum Gasteiger partial charge on any atom is -0.379 e. The highest BCUT2D eigenvalue weighted by molar-refractivity contribution is 6.14. The molecule has 1 aliphatic rings. The summed E-state index contributed by atoms with van der Waals surface area (Å²) < 4.78 is 11.7. The van der Waals surface area contributed by atoms with Gasteiger partial charge in [0.2, 0.25) is 0 Å². The van der Waals surface area contributed by atoms with Gasteiger partial charge in [0.1, 0.15) is 0 Å². The Hall–Kier alpha value is 0.137. The molecule has 0 aromatic rings. The van der Waals surface area contributed by atoms with Crippen molar-refractivity contribution >= 4 is 10.2 Å². The molecule has 3 heteroatoms. The molecule has 2 nitrogen and oxygen atoms in total. The van der Waals surface area contributed by atoms with Gasteiger partial charge in [0.25, 0.3) is 0 Å². The summed E-state index contributed by atoms with van der Waals surface area (Å²) in [4.78, 5) is 0. The summed E-state index contributed by atoms with van der Waals surface area (Å²) in [6, 6.07) is 0. The van der Waals surface area contributed by atoms with Gasteiger partial charge in [-0.15, -0.1) is 0 Å². The van der Waals surface area contributed by atoms with Crippen LogP contribution in [-0.4, -0.2) is 35.3 Å². The van der Waals surface area contributed by atoms with Gasteiger partial charge < -0.3 is 9.47 Å². The average molecular weight is 258 g/mol. The summed E-state index contributed by atoms with van der Waals surface area (Å²) in [5, 5.41) is 0.139. The third-order valence-electron chi connectivity index (χ3n) is 3.60. The van der Waals surface area contributed by atoms with Gasteiger partial charge in [-0.2, -0.15) is 0 Å². The molecule has 1 rings (SSSR count). The average Bonchev–Trinajstić information content (AvgIpc) is 2.33. The van der Waals surface area contributed by atoms with E-state index in [4.69, 9.17) is 9.47 Å². The van der Waals surface area contributed by atoms with Crippen LogP contribution in [0.25, 0.3) is 0 Å². The molecule has 0 N–H and O–H groups in total. The molecular weight excluding hydrogens is 228 g/mol. The normalized spacial score (nSPS) is 25.2. The largest absolute Gasteiger partial charge is 0.379 e. The maximum atomic E-state index is 5.86. The van der Waals surface area contributed by atoms with E-state index >= 15 is 0 Å². The topological polar surface area (TPSA) is 18.5 Å². The van der Waals surface area contributed by atoms with E-state index in [1.54, 1.807) is 0 Å². The van der Waals surface area contributed by atoms with Crippen LogP contribution in [0.3, 0.4) is 0 Å². The second-order valence-corrected chi connectivity index (χ2v) is 7.40. The van der Waals surface area contributed by atoms with Crippen LogP contribution < -0.4 is 0 Å². The van der Waals surface area contributed by atoms with Gasteiger partial charge in [-0.25, -0.2) is 0 Å². The van der Waals surface area contributed by atoms with Crippen LogP contribution >= 0.6 is 0 Å². The Morgan fingerprint density at radius 1 is 1.12 bits per heavy atom. The lowest BCUT2D eigenvalue weighted by Gasteiger charge is -2.33. The van der Waals surface area contributed by atoms with Crippen molar-refractivity contribution in [1.82, 2.24) is 0 Å². The van der Waals surface area contributed by atoms with E-state index in [0.717, 1.165) is 30.1 Å². The first kappa shape index (κ1) is 15.2. The van der Waals surface area contributed by atoms with E-state index in [9.17, 15) is 0 Å². The first-order valence-electron chi connectivity index (χ1n) is 7.48. The summed E-state index contributed by atoms with van der Waals surface area (Å²) in [5.74, 6) is 0. The summed E-state index contributed by atoms with van der Waals surface area (Å²) >= 11 is 0. The van der Waals surface area contributed by atoms with Gasteiger partial charge in [-0.3, -0.25) is 0 Å². The third kappa shape index (κ3) is 7.22. The number of unbranched alkanes of at least 4 members (excludes halogenated alkanes) is 5. The zero-order valence-electron chi connectivity index (χ0n) is 11.8. The van der Waals surface area contributed by atoms with Crippen molar-refractivity contribution in [1.29, 1.82) is 0 Å². The third-order valence-corrected chi connectivity index (χ3v) is 4.68. The smallest absolute Gasteiger partial charge is 0.0716 e. The quantitative estimate of drug-likeness (QED) is 0.467. The summed E-state index contributed by atoms with van der Waals surface area (Å²) in [6.07, 6.45) is 11.8. The molecule has 1 fully saturated rings. The molecule has 1 aliphatic heterocycles. The lowest BCUT2D eigenvalue weighted by molar-refractivity contribution is -0.0702. The Kier molecular flexibility index (Phi) is 8.15. The highest BCUT2D eigenvalue weighted by atomic mass is 28.1. The molecule has 1 unspecified atom stereocenters. The van der Waals surface area contributed by atoms with Crippen molar-refractivity contribution in [3.8, 4) is 0 Å². The van der Waals surface area contributed by atoms with E-state index in [-0.39, 0.29) is 5.22 Å². The maximum absolute atomic E-state index is 5.86. The van der Waals surface area contributed by atoms with Crippen LogP contribution in [-0.2, 0) is 9.47 Å². The first-order chi connectivity index (χ1) is 8.27. The second kappa shape index (κ2) is 9.12. The lowest BCUT2D eigenvalue weighted by Crippen LogP contribution is -2.41. The first-order valence-corrected chi connectivity index (χ1v) is 8.48. The monoisotopic (exact) mass is 258 g/mol. The van der Waals surface area contributed by atoms with Crippen molar-refractivity contribution in [2.45, 2.75) is 69.9 Å². The SMILES string of the molecule is CCCCCCCCOCC1([SiH3])CCCCO1. The number of ether oxygens (including phenoxy) is 2. The van der Waals surface area contributed by atoms with Crippen LogP contribution in [0.5, 0.6) is 0 Å². The minimum absolute atomic E-state index is 0.139. The van der Waals surface area contributed by atoms with E-state index in [2.05, 4.69) is 6.92 Å². The van der Waals surface area contributed by atoms with Gasteiger partial charge in [0, 0.05) is 23.5 Å². The molecule has 0 radical (unpaired) electrons. The highest BCUT2D eigenvalue weighted by Gasteiger charge is 2.27. The zero-order valence-corrected chi connectivity index (χ0v) is 13.8. The lowest BCUT2D eigenvalue weighted by atomic mass is 10.1. The van der Waals surface area contributed by atoms with Gasteiger partial charge in [0.05, 0.1) is 11.8 Å². The van der Waals surface area contributed by atoms with Crippen molar-refractivity contribution in [2.24, 2.45) is 0 Å². The van der Waals surface area contributed by atoms with Gasteiger partial charge >= 0.3 is 0 Å². The number of hydrogen-bond acceptors (Lipinski definition) is 2. The van der Waals surface area contributed by atoms with Crippen LogP contribution in [0.4, 0.5) is 0 Å². The predicted molar refractivity (Wildman–Crippen MR) is 76.7 cm³/mol. The van der Waals surface area contributed by atoms with Crippen molar-refractivity contribution in [3.63, 3.8) is 0 Å². The molecule has 0 saturated carbocycles. The standard InChI is InChI=1S/C14H30O2Si/c1-2-3-4-5-6-8-11-15-13-14(17)10-7-9-12-16-14/h2-13H2,1,17H3. The fourth-order valence-electron chi connectivity index (χ4n) is 2.38. The van der Waals surface area contributed by atoms with Gasteiger partial charge in [-0.05, 0) is 25.7 Å². The second-order valence-electron chi connectivity index (χ2n) is 5.58. The van der Waals surface area contributed by atoms with Crippen LogP contribution in [0.15, 0.2) is 0 Å². The summed E-state index contributed by atoms with van der Waals surface area (Å²) in [7, 11) is 1.10. The Morgan fingerprint density at radius 2 is 1.88 bits per heavy atom. The van der Waals surface area contributed by atoms with Crippen molar-refractivity contribution in [3.05, 3.63) is 0 Å². The molecule has 1 heterocycles. The number of hydrogen-bond donors (Lipinski definition) is 0.